The molecule has 0 unspecified atom stereocenters. The number of hydrogen-bond donors (Lipinski definition) is 1. The van der Waals surface area contributed by atoms with Gasteiger partial charge in [0.1, 0.15) is 24.0 Å². The maximum Gasteiger partial charge on any atom is 0.416 e. The molecule has 162 valence electrons. The summed E-state index contributed by atoms with van der Waals surface area (Å²) >= 11 is 0. The summed E-state index contributed by atoms with van der Waals surface area (Å²) in [6.45, 7) is 2.27. The molecule has 4 nitrogen and oxygen atoms in total. The Kier molecular flexibility index (Phi) is 6.96. The molecule has 3 rings (SSSR count). The molecule has 1 N–H and O–H groups in total. The molecule has 3 aromatic rings. The summed E-state index contributed by atoms with van der Waals surface area (Å²) in [5.41, 5.74) is 1.33. The van der Waals surface area contributed by atoms with E-state index in [0.29, 0.717) is 17.9 Å². The molecule has 1 amide bonds. The number of aryl methyl sites for hydroxylation is 1. The predicted molar refractivity (Wildman–Crippen MR) is 116 cm³/mol. The van der Waals surface area contributed by atoms with Gasteiger partial charge in [0.25, 0.3) is 5.91 Å². The standard InChI is InChI=1S/C25H19F3N2O2/c1-17-6-4-7-18(12-17)16-32-23-11-3-2-8-19(23)13-20(15-29)24(31)30-22-10-5-9-21(14-22)25(26,27)28/h2-14H,16H2,1H3,(H,30,31)/b20-13+. The van der Waals surface area contributed by atoms with Crippen LogP contribution < -0.4 is 10.1 Å². The first kappa shape index (κ1) is 22.6. The monoisotopic (exact) mass is 436 g/mol. The summed E-state index contributed by atoms with van der Waals surface area (Å²) in [5, 5.41) is 11.8. The van der Waals surface area contributed by atoms with E-state index in [1.165, 1.54) is 18.2 Å². The molecule has 7 heteroatoms. The summed E-state index contributed by atoms with van der Waals surface area (Å²) in [5.74, 6) is -0.353. The molecule has 0 heterocycles. The topological polar surface area (TPSA) is 62.1 Å². The van der Waals surface area contributed by atoms with Crippen LogP contribution in [0.5, 0.6) is 5.75 Å². The van der Waals surface area contributed by atoms with Crippen LogP contribution in [0.2, 0.25) is 0 Å². The molecular weight excluding hydrogens is 417 g/mol. The molecule has 3 aromatic carbocycles. The van der Waals surface area contributed by atoms with E-state index in [1.807, 2.05) is 31.2 Å². The van der Waals surface area contributed by atoms with Crippen molar-refractivity contribution in [2.75, 3.05) is 5.32 Å². The largest absolute Gasteiger partial charge is 0.488 e. The van der Waals surface area contributed by atoms with Gasteiger partial charge in [-0.25, -0.2) is 0 Å². The maximum absolute atomic E-state index is 12.9. The highest BCUT2D eigenvalue weighted by molar-refractivity contribution is 6.09. The van der Waals surface area contributed by atoms with Crippen LogP contribution in [0.25, 0.3) is 6.08 Å². The quantitative estimate of drug-likeness (QED) is 0.373. The van der Waals surface area contributed by atoms with Crippen LogP contribution >= 0.6 is 0 Å². The summed E-state index contributed by atoms with van der Waals surface area (Å²) < 4.78 is 44.5. The average Bonchev–Trinajstić information content (AvgIpc) is 2.76. The highest BCUT2D eigenvalue weighted by atomic mass is 19.4. The number of carbonyl (C=O) groups excluding carboxylic acids is 1. The van der Waals surface area contributed by atoms with E-state index in [4.69, 9.17) is 4.74 Å². The van der Waals surface area contributed by atoms with E-state index in [-0.39, 0.29) is 11.3 Å². The van der Waals surface area contributed by atoms with Gasteiger partial charge >= 0.3 is 6.18 Å². The number of para-hydroxylation sites is 1. The highest BCUT2D eigenvalue weighted by Gasteiger charge is 2.30. The van der Waals surface area contributed by atoms with Gasteiger partial charge in [0.2, 0.25) is 0 Å². The van der Waals surface area contributed by atoms with Crippen molar-refractivity contribution >= 4 is 17.7 Å². The summed E-state index contributed by atoms with van der Waals surface area (Å²) in [4.78, 5) is 12.5. The molecule has 0 bridgehead atoms. The number of carbonyl (C=O) groups is 1. The first-order valence-corrected chi connectivity index (χ1v) is 9.64. The van der Waals surface area contributed by atoms with Crippen LogP contribution in [0.3, 0.4) is 0 Å². The van der Waals surface area contributed by atoms with Crippen LogP contribution in [0.1, 0.15) is 22.3 Å². The first-order valence-electron chi connectivity index (χ1n) is 9.64. The Morgan fingerprint density at radius 2 is 1.81 bits per heavy atom. The summed E-state index contributed by atoms with van der Waals surface area (Å²) in [6.07, 6.45) is -3.20. The minimum atomic E-state index is -4.54. The molecule has 32 heavy (non-hydrogen) atoms. The average molecular weight is 436 g/mol. The SMILES string of the molecule is Cc1cccc(COc2ccccc2/C=C(\C#N)C(=O)Nc2cccc(C(F)(F)F)c2)c1. The second kappa shape index (κ2) is 9.84. The molecule has 0 atom stereocenters. The third-order valence-electron chi connectivity index (χ3n) is 4.51. The van der Waals surface area contributed by atoms with Gasteiger partial charge in [-0.3, -0.25) is 4.79 Å². The zero-order valence-electron chi connectivity index (χ0n) is 17.1. The Morgan fingerprint density at radius 3 is 2.53 bits per heavy atom. The number of hydrogen-bond acceptors (Lipinski definition) is 3. The third-order valence-corrected chi connectivity index (χ3v) is 4.51. The van der Waals surface area contributed by atoms with E-state index in [9.17, 15) is 23.2 Å². The highest BCUT2D eigenvalue weighted by Crippen LogP contribution is 2.31. The van der Waals surface area contributed by atoms with Gasteiger partial charge in [0.15, 0.2) is 0 Å². The molecule has 0 saturated heterocycles. The Labute approximate surface area is 183 Å². The Balaban J connectivity index is 1.79. The lowest BCUT2D eigenvalue weighted by atomic mass is 10.1. The molecule has 0 aliphatic heterocycles. The van der Waals surface area contributed by atoms with Crippen molar-refractivity contribution in [2.24, 2.45) is 0 Å². The lowest BCUT2D eigenvalue weighted by Gasteiger charge is -2.11. The van der Waals surface area contributed by atoms with E-state index in [1.54, 1.807) is 30.3 Å². The van der Waals surface area contributed by atoms with Crippen LogP contribution in [-0.4, -0.2) is 5.91 Å². The van der Waals surface area contributed by atoms with Crippen LogP contribution in [0.4, 0.5) is 18.9 Å². The number of nitrogens with zero attached hydrogens (tertiary/aromatic N) is 1. The second-order valence-electron chi connectivity index (χ2n) is 7.02. The van der Waals surface area contributed by atoms with E-state index < -0.39 is 17.6 Å². The van der Waals surface area contributed by atoms with E-state index in [0.717, 1.165) is 23.3 Å². The van der Waals surface area contributed by atoms with Crippen molar-refractivity contribution in [3.63, 3.8) is 0 Å². The van der Waals surface area contributed by atoms with Crippen molar-refractivity contribution in [1.29, 1.82) is 5.26 Å². The number of nitrogens with one attached hydrogen (secondary N) is 1. The van der Waals surface area contributed by atoms with Crippen molar-refractivity contribution < 1.29 is 22.7 Å². The number of alkyl halides is 3. The fourth-order valence-electron chi connectivity index (χ4n) is 2.97. The fourth-order valence-corrected chi connectivity index (χ4v) is 2.97. The Morgan fingerprint density at radius 1 is 1.06 bits per heavy atom. The number of nitriles is 1. The van der Waals surface area contributed by atoms with E-state index in [2.05, 4.69) is 5.32 Å². The molecule has 0 aliphatic rings. The molecule has 0 fully saturated rings. The smallest absolute Gasteiger partial charge is 0.416 e. The van der Waals surface area contributed by atoms with Crippen LogP contribution in [-0.2, 0) is 17.6 Å². The van der Waals surface area contributed by atoms with Crippen LogP contribution in [0, 0.1) is 18.3 Å². The van der Waals surface area contributed by atoms with Gasteiger partial charge in [-0.1, -0.05) is 54.1 Å². The van der Waals surface area contributed by atoms with Gasteiger partial charge in [0.05, 0.1) is 5.56 Å². The van der Waals surface area contributed by atoms with Gasteiger partial charge in [-0.2, -0.15) is 18.4 Å². The van der Waals surface area contributed by atoms with Crippen molar-refractivity contribution in [1.82, 2.24) is 0 Å². The van der Waals surface area contributed by atoms with Gasteiger partial charge in [-0.15, -0.1) is 0 Å². The number of amides is 1. The van der Waals surface area contributed by atoms with Gasteiger partial charge < -0.3 is 10.1 Å². The second-order valence-corrected chi connectivity index (χ2v) is 7.02. The summed E-state index contributed by atoms with van der Waals surface area (Å²) in [7, 11) is 0. The van der Waals surface area contributed by atoms with Crippen molar-refractivity contribution in [3.05, 3.63) is 101 Å². The van der Waals surface area contributed by atoms with Crippen LogP contribution in [0.15, 0.2) is 78.4 Å². The van der Waals surface area contributed by atoms with Crippen molar-refractivity contribution in [2.45, 2.75) is 19.7 Å². The molecule has 0 spiro atoms. The molecule has 0 aromatic heterocycles. The maximum atomic E-state index is 12.9. The van der Waals surface area contributed by atoms with Gasteiger partial charge in [0, 0.05) is 11.3 Å². The zero-order chi connectivity index (χ0) is 23.1. The number of benzene rings is 3. The number of anilines is 1. The lowest BCUT2D eigenvalue weighted by Crippen LogP contribution is -2.14. The molecule has 0 saturated carbocycles. The molecule has 0 aliphatic carbocycles. The minimum Gasteiger partial charge on any atom is -0.488 e. The fraction of sp³-hybridized carbons (Fsp3) is 0.120. The minimum absolute atomic E-state index is 0.0602. The van der Waals surface area contributed by atoms with E-state index >= 15 is 0 Å². The molecule has 0 radical (unpaired) electrons. The normalized spacial score (nSPS) is 11.5. The first-order chi connectivity index (χ1) is 15.3. The number of ether oxygens (including phenoxy) is 1. The van der Waals surface area contributed by atoms with Gasteiger partial charge in [-0.05, 0) is 42.8 Å². The predicted octanol–water partition coefficient (Wildman–Crippen LogP) is 6.14. The zero-order valence-corrected chi connectivity index (χ0v) is 17.1. The Hall–Kier alpha value is -4.05. The number of halogens is 3. The number of rotatable bonds is 6. The molecular formula is C25H19F3N2O2. The third kappa shape index (κ3) is 5.99. The Bertz CT molecular complexity index is 1190. The van der Waals surface area contributed by atoms with Crippen molar-refractivity contribution in [3.8, 4) is 11.8 Å². The summed E-state index contributed by atoms with van der Waals surface area (Å²) in [6, 6.07) is 20.7. The lowest BCUT2D eigenvalue weighted by molar-refractivity contribution is -0.137.